The largest absolute Gasteiger partial charge is 0.453 e. The minimum Gasteiger partial charge on any atom is -0.453 e. The highest BCUT2D eigenvalue weighted by atomic mass is 35.5. The van der Waals surface area contributed by atoms with Gasteiger partial charge in [-0.15, -0.1) is 0 Å². The zero-order chi connectivity index (χ0) is 14.5. The van der Waals surface area contributed by atoms with E-state index in [2.05, 4.69) is 6.92 Å². The predicted molar refractivity (Wildman–Crippen MR) is 82.2 cm³/mol. The zero-order valence-electron chi connectivity index (χ0n) is 11.7. The molecule has 0 amide bonds. The number of rotatable bonds is 7. The first kappa shape index (κ1) is 15.1. The van der Waals surface area contributed by atoms with Gasteiger partial charge < -0.3 is 10.2 Å². The lowest BCUT2D eigenvalue weighted by Crippen LogP contribution is -2.10. The van der Waals surface area contributed by atoms with Gasteiger partial charge in [0.05, 0.1) is 0 Å². The van der Waals surface area contributed by atoms with Gasteiger partial charge in [0.25, 0.3) is 0 Å². The molecule has 1 heterocycles. The second-order valence-electron chi connectivity index (χ2n) is 5.11. The lowest BCUT2D eigenvalue weighted by Gasteiger charge is -2.11. The summed E-state index contributed by atoms with van der Waals surface area (Å²) in [4.78, 5) is 12.2. The Labute approximate surface area is 124 Å². The van der Waals surface area contributed by atoms with E-state index < -0.39 is 0 Å². The van der Waals surface area contributed by atoms with Gasteiger partial charge in [-0.05, 0) is 49.6 Å². The Morgan fingerprint density at radius 3 is 2.85 bits per heavy atom. The Kier molecular flexibility index (Phi) is 5.21. The van der Waals surface area contributed by atoms with Gasteiger partial charge in [-0.25, -0.2) is 0 Å². The van der Waals surface area contributed by atoms with Gasteiger partial charge in [-0.1, -0.05) is 24.9 Å². The molecule has 2 N–H and O–H groups in total. The first-order chi connectivity index (χ1) is 9.63. The van der Waals surface area contributed by atoms with Crippen molar-refractivity contribution in [1.29, 1.82) is 0 Å². The average Bonchev–Trinajstić information content (AvgIpc) is 2.86. The number of benzene rings is 1. The van der Waals surface area contributed by atoms with Gasteiger partial charge in [0.2, 0.25) is 0 Å². The van der Waals surface area contributed by atoms with Crippen LogP contribution in [0.25, 0.3) is 11.0 Å². The van der Waals surface area contributed by atoms with E-state index in [-0.39, 0.29) is 5.78 Å². The molecule has 0 aliphatic carbocycles. The van der Waals surface area contributed by atoms with Gasteiger partial charge in [-0.3, -0.25) is 4.79 Å². The first-order valence-corrected chi connectivity index (χ1v) is 7.44. The Morgan fingerprint density at radius 2 is 2.15 bits per heavy atom. The highest BCUT2D eigenvalue weighted by Crippen LogP contribution is 2.25. The van der Waals surface area contributed by atoms with Crippen molar-refractivity contribution in [2.45, 2.75) is 32.6 Å². The van der Waals surface area contributed by atoms with Crippen LogP contribution in [0.4, 0.5) is 0 Å². The number of nitrogens with two attached hydrogens (primary N) is 1. The van der Waals surface area contributed by atoms with Crippen molar-refractivity contribution < 1.29 is 9.21 Å². The van der Waals surface area contributed by atoms with Gasteiger partial charge in [-0.2, -0.15) is 0 Å². The fourth-order valence-corrected chi connectivity index (χ4v) is 2.58. The van der Waals surface area contributed by atoms with Crippen LogP contribution >= 0.6 is 11.6 Å². The summed E-state index contributed by atoms with van der Waals surface area (Å²) in [6.45, 7) is 2.81. The van der Waals surface area contributed by atoms with Gasteiger partial charge >= 0.3 is 0 Å². The summed E-state index contributed by atoms with van der Waals surface area (Å²) < 4.78 is 5.58. The van der Waals surface area contributed by atoms with Gasteiger partial charge in [0.15, 0.2) is 11.5 Å². The molecule has 1 aromatic heterocycles. The summed E-state index contributed by atoms with van der Waals surface area (Å²) in [6.07, 6.45) is 3.40. The molecule has 2 aromatic rings. The maximum absolute atomic E-state index is 12.2. The van der Waals surface area contributed by atoms with Crippen LogP contribution in [0.15, 0.2) is 28.7 Å². The number of furan rings is 1. The van der Waals surface area contributed by atoms with Crippen molar-refractivity contribution in [3.8, 4) is 0 Å². The smallest absolute Gasteiger partial charge is 0.198 e. The van der Waals surface area contributed by atoms with E-state index in [9.17, 15) is 4.79 Å². The van der Waals surface area contributed by atoms with Crippen molar-refractivity contribution in [2.24, 2.45) is 11.7 Å². The highest BCUT2D eigenvalue weighted by molar-refractivity contribution is 6.31. The Balaban J connectivity index is 2.03. The molecule has 0 spiro atoms. The number of Topliss-reactive ketones (excluding diaryl/α,β-unsaturated/α-hetero) is 1. The number of hydrogen-bond acceptors (Lipinski definition) is 3. The molecule has 20 heavy (non-hydrogen) atoms. The Morgan fingerprint density at radius 1 is 1.35 bits per heavy atom. The standard InChI is InChI=1S/C16H20ClNO2/c1-2-11(7-8-18)3-5-14(19)16-10-12-9-13(17)4-6-15(12)20-16/h4,6,9-11H,2-3,5,7-8,18H2,1H3. The SMILES string of the molecule is CCC(CCN)CCC(=O)c1cc2cc(Cl)ccc2o1. The lowest BCUT2D eigenvalue weighted by atomic mass is 9.95. The number of fused-ring (bicyclic) bond motifs is 1. The monoisotopic (exact) mass is 293 g/mol. The molecule has 0 saturated carbocycles. The van der Waals surface area contributed by atoms with E-state index in [4.69, 9.17) is 21.8 Å². The Bertz CT molecular complexity index is 591. The molecule has 108 valence electrons. The second kappa shape index (κ2) is 6.91. The summed E-state index contributed by atoms with van der Waals surface area (Å²) in [6, 6.07) is 7.13. The number of ketones is 1. The normalized spacial score (nSPS) is 12.8. The third-order valence-corrected chi connectivity index (χ3v) is 3.92. The summed E-state index contributed by atoms with van der Waals surface area (Å²) in [5.41, 5.74) is 6.27. The van der Waals surface area contributed by atoms with Crippen LogP contribution in [0.2, 0.25) is 5.02 Å². The number of halogens is 1. The van der Waals surface area contributed by atoms with E-state index in [1.54, 1.807) is 24.3 Å². The fourth-order valence-electron chi connectivity index (χ4n) is 2.40. The molecule has 0 saturated heterocycles. The first-order valence-electron chi connectivity index (χ1n) is 7.06. The maximum Gasteiger partial charge on any atom is 0.198 e. The van der Waals surface area contributed by atoms with Crippen molar-refractivity contribution in [2.75, 3.05) is 6.54 Å². The third-order valence-electron chi connectivity index (χ3n) is 3.69. The third kappa shape index (κ3) is 3.62. The predicted octanol–water partition coefficient (Wildman–Crippen LogP) is 4.42. The fraction of sp³-hybridized carbons (Fsp3) is 0.438. The summed E-state index contributed by atoms with van der Waals surface area (Å²) >= 11 is 5.93. The Hall–Kier alpha value is -1.32. The van der Waals surface area contributed by atoms with E-state index in [1.807, 2.05) is 0 Å². The van der Waals surface area contributed by atoms with E-state index >= 15 is 0 Å². The molecule has 4 heteroatoms. The average molecular weight is 294 g/mol. The molecule has 1 unspecified atom stereocenters. The van der Waals surface area contributed by atoms with Gasteiger partial charge in [0.1, 0.15) is 5.58 Å². The highest BCUT2D eigenvalue weighted by Gasteiger charge is 2.15. The van der Waals surface area contributed by atoms with E-state index in [1.165, 1.54) is 0 Å². The van der Waals surface area contributed by atoms with Crippen molar-refractivity contribution in [3.63, 3.8) is 0 Å². The molecule has 2 rings (SSSR count). The molecule has 0 bridgehead atoms. The van der Waals surface area contributed by atoms with Crippen molar-refractivity contribution in [1.82, 2.24) is 0 Å². The van der Waals surface area contributed by atoms with Crippen LogP contribution in [0.1, 0.15) is 43.2 Å². The van der Waals surface area contributed by atoms with Crippen LogP contribution in [0.5, 0.6) is 0 Å². The van der Waals surface area contributed by atoms with Gasteiger partial charge in [0, 0.05) is 16.8 Å². The quantitative estimate of drug-likeness (QED) is 0.769. The maximum atomic E-state index is 12.2. The topological polar surface area (TPSA) is 56.2 Å². The van der Waals surface area contributed by atoms with Crippen LogP contribution < -0.4 is 5.73 Å². The summed E-state index contributed by atoms with van der Waals surface area (Å²) in [5.74, 6) is 0.987. The number of hydrogen-bond donors (Lipinski definition) is 1. The number of carbonyl (C=O) groups is 1. The molecule has 0 aliphatic heterocycles. The minimum absolute atomic E-state index is 0.0489. The minimum atomic E-state index is 0.0489. The lowest BCUT2D eigenvalue weighted by molar-refractivity contribution is 0.0948. The molecule has 0 radical (unpaired) electrons. The van der Waals surface area contributed by atoms with E-state index in [0.29, 0.717) is 35.2 Å². The molecule has 1 aromatic carbocycles. The summed E-state index contributed by atoms with van der Waals surface area (Å²) in [7, 11) is 0. The second-order valence-corrected chi connectivity index (χ2v) is 5.54. The van der Waals surface area contributed by atoms with Crippen LogP contribution in [-0.2, 0) is 0 Å². The van der Waals surface area contributed by atoms with Crippen LogP contribution in [0, 0.1) is 5.92 Å². The van der Waals surface area contributed by atoms with Crippen molar-refractivity contribution >= 4 is 28.4 Å². The molecule has 0 fully saturated rings. The molecular weight excluding hydrogens is 274 g/mol. The zero-order valence-corrected chi connectivity index (χ0v) is 12.5. The molecule has 3 nitrogen and oxygen atoms in total. The van der Waals surface area contributed by atoms with E-state index in [0.717, 1.165) is 24.6 Å². The van der Waals surface area contributed by atoms with Crippen molar-refractivity contribution in [3.05, 3.63) is 35.0 Å². The molecule has 0 aliphatic rings. The molecule has 1 atom stereocenters. The van der Waals surface area contributed by atoms with Crippen LogP contribution in [0.3, 0.4) is 0 Å². The summed E-state index contributed by atoms with van der Waals surface area (Å²) in [5, 5.41) is 1.51. The number of carbonyl (C=O) groups excluding carboxylic acids is 1. The molecular formula is C16H20ClNO2. The van der Waals surface area contributed by atoms with Crippen LogP contribution in [-0.4, -0.2) is 12.3 Å².